The molecule has 3 N–H and O–H groups in total. The van der Waals surface area contributed by atoms with E-state index in [1.807, 2.05) is 57.2 Å². The summed E-state index contributed by atoms with van der Waals surface area (Å²) in [7, 11) is 0. The Labute approximate surface area is 233 Å². The highest BCUT2D eigenvalue weighted by atomic mass is 35.5. The summed E-state index contributed by atoms with van der Waals surface area (Å²) in [6.07, 6.45) is 0.276. The molecule has 0 aromatic heterocycles. The molecule has 0 radical (unpaired) electrons. The summed E-state index contributed by atoms with van der Waals surface area (Å²) in [6.45, 7) is 6.19. The van der Waals surface area contributed by atoms with Crippen molar-refractivity contribution >= 4 is 17.8 Å². The second-order valence-corrected chi connectivity index (χ2v) is 11.3. The largest absolute Gasteiger partial charge is 0.511 e. The smallest absolute Gasteiger partial charge is 0.449 e. The van der Waals surface area contributed by atoms with Gasteiger partial charge in [0.15, 0.2) is 0 Å². The van der Waals surface area contributed by atoms with Crippen LogP contribution in [0.2, 0.25) is 5.02 Å². The van der Waals surface area contributed by atoms with Gasteiger partial charge in [-0.25, -0.2) is 9.18 Å². The van der Waals surface area contributed by atoms with Crippen molar-refractivity contribution in [3.8, 4) is 16.9 Å². The van der Waals surface area contributed by atoms with Crippen molar-refractivity contribution in [2.45, 2.75) is 57.8 Å². The lowest BCUT2D eigenvalue weighted by Gasteiger charge is -2.29. The van der Waals surface area contributed by atoms with Crippen molar-refractivity contribution < 1.29 is 28.9 Å². The molecule has 8 heteroatoms. The van der Waals surface area contributed by atoms with Crippen LogP contribution in [0.25, 0.3) is 11.1 Å². The van der Waals surface area contributed by atoms with Crippen molar-refractivity contribution in [1.82, 2.24) is 5.32 Å². The fourth-order valence-corrected chi connectivity index (χ4v) is 4.94. The van der Waals surface area contributed by atoms with Gasteiger partial charge in [0.25, 0.3) is 0 Å². The van der Waals surface area contributed by atoms with E-state index in [0.717, 1.165) is 35.1 Å². The van der Waals surface area contributed by atoms with Crippen LogP contribution < -0.4 is 10.1 Å². The maximum atomic E-state index is 14.3. The summed E-state index contributed by atoms with van der Waals surface area (Å²) in [5.74, 6) is 0.328. The van der Waals surface area contributed by atoms with Gasteiger partial charge in [-0.05, 0) is 98.0 Å². The first-order chi connectivity index (χ1) is 18.5. The average molecular weight is 556 g/mol. The van der Waals surface area contributed by atoms with Gasteiger partial charge in [-0.1, -0.05) is 48.0 Å². The molecule has 0 bridgehead atoms. The molecule has 3 aromatic carbocycles. The SMILES string of the molecule is Cc1cc(-c2ccccc2C(OC[C@H](O)CNC(C)(C)Cc2ccc(Cl)cc2F)C2CC2)ccc1OC(=O)O. The normalized spacial score (nSPS) is 15.1. The summed E-state index contributed by atoms with van der Waals surface area (Å²) in [5.41, 5.74) is 3.80. The van der Waals surface area contributed by atoms with Crippen molar-refractivity contribution in [1.29, 1.82) is 0 Å². The van der Waals surface area contributed by atoms with Crippen LogP contribution >= 0.6 is 11.6 Å². The van der Waals surface area contributed by atoms with Gasteiger partial charge in [0, 0.05) is 17.1 Å². The number of hydrogen-bond donors (Lipinski definition) is 3. The van der Waals surface area contributed by atoms with Gasteiger partial charge < -0.3 is 25.0 Å². The van der Waals surface area contributed by atoms with E-state index >= 15 is 0 Å². The summed E-state index contributed by atoms with van der Waals surface area (Å²) in [4.78, 5) is 11.0. The Morgan fingerprint density at radius 2 is 1.90 bits per heavy atom. The number of carboxylic acid groups (broad SMARTS) is 1. The van der Waals surface area contributed by atoms with Crippen LogP contribution in [0.4, 0.5) is 9.18 Å². The van der Waals surface area contributed by atoms with E-state index in [2.05, 4.69) is 5.32 Å². The van der Waals surface area contributed by atoms with Gasteiger partial charge in [0.05, 0.1) is 18.8 Å². The molecular weight excluding hydrogens is 521 g/mol. The second kappa shape index (κ2) is 12.5. The Kier molecular flexibility index (Phi) is 9.28. The fraction of sp³-hybridized carbons (Fsp3) is 0.387. The van der Waals surface area contributed by atoms with E-state index in [4.69, 9.17) is 26.2 Å². The molecule has 0 saturated heterocycles. The highest BCUT2D eigenvalue weighted by Crippen LogP contribution is 2.46. The van der Waals surface area contributed by atoms with Crippen LogP contribution in [0.15, 0.2) is 60.7 Å². The Morgan fingerprint density at radius 1 is 1.15 bits per heavy atom. The molecule has 3 aromatic rings. The number of halogens is 2. The molecule has 1 saturated carbocycles. The van der Waals surface area contributed by atoms with E-state index in [1.165, 1.54) is 6.07 Å². The summed E-state index contributed by atoms with van der Waals surface area (Å²) in [6, 6.07) is 18.1. The lowest BCUT2D eigenvalue weighted by Crippen LogP contribution is -2.46. The van der Waals surface area contributed by atoms with E-state index < -0.39 is 17.8 Å². The summed E-state index contributed by atoms with van der Waals surface area (Å²) in [5, 5.41) is 23.4. The second-order valence-electron chi connectivity index (χ2n) is 10.9. The van der Waals surface area contributed by atoms with Crippen LogP contribution in [-0.2, 0) is 11.2 Å². The number of aliphatic hydroxyl groups excluding tert-OH is 1. The van der Waals surface area contributed by atoms with E-state index in [0.29, 0.717) is 35.2 Å². The number of aryl methyl sites for hydroxylation is 1. The van der Waals surface area contributed by atoms with Crippen molar-refractivity contribution in [2.75, 3.05) is 13.2 Å². The predicted octanol–water partition coefficient (Wildman–Crippen LogP) is 6.95. The van der Waals surface area contributed by atoms with Crippen molar-refractivity contribution in [2.24, 2.45) is 5.92 Å². The van der Waals surface area contributed by atoms with Gasteiger partial charge in [0.2, 0.25) is 0 Å². The summed E-state index contributed by atoms with van der Waals surface area (Å²) >= 11 is 5.87. The van der Waals surface area contributed by atoms with E-state index in [9.17, 15) is 14.3 Å². The highest BCUT2D eigenvalue weighted by Gasteiger charge is 2.35. The molecule has 1 unspecified atom stereocenters. The maximum Gasteiger partial charge on any atom is 0.511 e. The molecule has 0 spiro atoms. The third kappa shape index (κ3) is 8.02. The maximum absolute atomic E-state index is 14.3. The number of carbonyl (C=O) groups is 1. The monoisotopic (exact) mass is 555 g/mol. The molecular formula is C31H35ClFNO5. The fourth-order valence-electron chi connectivity index (χ4n) is 4.78. The Morgan fingerprint density at radius 3 is 2.56 bits per heavy atom. The molecule has 1 fully saturated rings. The Bertz CT molecular complexity index is 1310. The van der Waals surface area contributed by atoms with E-state index in [-0.39, 0.29) is 18.5 Å². The van der Waals surface area contributed by atoms with E-state index in [1.54, 1.807) is 18.2 Å². The Balaban J connectivity index is 1.41. The number of nitrogens with one attached hydrogen (secondary N) is 1. The lowest BCUT2D eigenvalue weighted by molar-refractivity contribution is -0.0209. The zero-order valence-electron chi connectivity index (χ0n) is 22.4. The molecule has 0 amide bonds. The van der Waals surface area contributed by atoms with Crippen LogP contribution in [0.5, 0.6) is 5.75 Å². The van der Waals surface area contributed by atoms with Gasteiger partial charge in [0.1, 0.15) is 11.6 Å². The van der Waals surface area contributed by atoms with Gasteiger partial charge in [-0.2, -0.15) is 0 Å². The number of aliphatic hydroxyl groups is 1. The van der Waals surface area contributed by atoms with Crippen molar-refractivity contribution in [3.05, 3.63) is 88.2 Å². The van der Waals surface area contributed by atoms with Gasteiger partial charge >= 0.3 is 6.16 Å². The number of β-amino-alcohol motifs (C(OH)–C–C–N with tert-alkyl or cyclic N) is 1. The summed E-state index contributed by atoms with van der Waals surface area (Å²) < 4.78 is 25.5. The van der Waals surface area contributed by atoms with Crippen LogP contribution in [0, 0.1) is 18.7 Å². The Hall–Kier alpha value is -2.97. The minimum Gasteiger partial charge on any atom is -0.449 e. The molecule has 1 aliphatic rings. The topological polar surface area (TPSA) is 88.0 Å². The molecule has 39 heavy (non-hydrogen) atoms. The molecule has 4 rings (SSSR count). The number of rotatable bonds is 12. The standard InChI is InChI=1S/C31H35ClFNO5/c1-19-14-21(11-13-28(19)39-30(36)37)25-6-4-5-7-26(25)29(20-8-9-20)38-18-24(35)17-34-31(2,3)16-22-10-12-23(32)15-27(22)33/h4-7,10-15,20,24,29,34-35H,8-9,16-18H2,1-3H3,(H,36,37)/t24-,29?/m1/s1. The van der Waals surface area contributed by atoms with Crippen LogP contribution in [-0.4, -0.2) is 41.2 Å². The number of hydrogen-bond acceptors (Lipinski definition) is 5. The zero-order valence-corrected chi connectivity index (χ0v) is 23.2. The lowest BCUT2D eigenvalue weighted by atomic mass is 9.93. The first-order valence-electron chi connectivity index (χ1n) is 13.1. The molecule has 2 atom stereocenters. The van der Waals surface area contributed by atoms with Crippen LogP contribution in [0.1, 0.15) is 49.5 Å². The molecule has 1 aliphatic carbocycles. The first kappa shape index (κ1) is 29.0. The highest BCUT2D eigenvalue weighted by molar-refractivity contribution is 6.30. The molecule has 208 valence electrons. The van der Waals surface area contributed by atoms with Gasteiger partial charge in [-0.3, -0.25) is 0 Å². The minimum atomic E-state index is -1.35. The molecule has 0 aliphatic heterocycles. The molecule has 0 heterocycles. The first-order valence-corrected chi connectivity index (χ1v) is 13.5. The third-order valence-electron chi connectivity index (χ3n) is 6.93. The third-order valence-corrected chi connectivity index (χ3v) is 7.17. The zero-order chi connectivity index (χ0) is 28.2. The predicted molar refractivity (Wildman–Crippen MR) is 150 cm³/mol. The number of ether oxygens (including phenoxy) is 2. The number of benzene rings is 3. The molecule has 6 nitrogen and oxygen atoms in total. The minimum absolute atomic E-state index is 0.151. The quantitative estimate of drug-likeness (QED) is 0.165. The van der Waals surface area contributed by atoms with Crippen LogP contribution in [0.3, 0.4) is 0 Å². The van der Waals surface area contributed by atoms with Gasteiger partial charge in [-0.15, -0.1) is 0 Å². The van der Waals surface area contributed by atoms with Crippen molar-refractivity contribution in [3.63, 3.8) is 0 Å². The average Bonchev–Trinajstić information content (AvgIpc) is 3.71.